The lowest BCUT2D eigenvalue weighted by Crippen LogP contribution is -2.55. The molecule has 1 atom stereocenters. The predicted molar refractivity (Wildman–Crippen MR) is 75.3 cm³/mol. The van der Waals surface area contributed by atoms with Gasteiger partial charge in [0.25, 0.3) is 0 Å². The SMILES string of the molecule is Cc1nc(CN2CCC3(CC2)OCCCC3O)cs1. The van der Waals surface area contributed by atoms with Crippen molar-refractivity contribution in [3.05, 3.63) is 16.1 Å². The second-order valence-corrected chi connectivity index (χ2v) is 6.77. The summed E-state index contributed by atoms with van der Waals surface area (Å²) in [5.41, 5.74) is 0.913. The summed E-state index contributed by atoms with van der Waals surface area (Å²) < 4.78 is 5.93. The van der Waals surface area contributed by atoms with Crippen LogP contribution in [0.25, 0.3) is 0 Å². The Kier molecular flexibility index (Phi) is 3.89. The number of hydrogen-bond acceptors (Lipinski definition) is 5. The first-order chi connectivity index (χ1) is 9.18. The van der Waals surface area contributed by atoms with Gasteiger partial charge in [0.2, 0.25) is 0 Å². The van der Waals surface area contributed by atoms with Crippen LogP contribution in [0.5, 0.6) is 0 Å². The van der Waals surface area contributed by atoms with Gasteiger partial charge in [-0.25, -0.2) is 4.98 Å². The fourth-order valence-corrected chi connectivity index (χ4v) is 3.79. The highest BCUT2D eigenvalue weighted by molar-refractivity contribution is 7.09. The summed E-state index contributed by atoms with van der Waals surface area (Å²) in [5, 5.41) is 13.5. The molecule has 1 unspecified atom stereocenters. The van der Waals surface area contributed by atoms with Crippen LogP contribution in [0.3, 0.4) is 0 Å². The molecule has 106 valence electrons. The van der Waals surface area contributed by atoms with E-state index in [0.29, 0.717) is 0 Å². The van der Waals surface area contributed by atoms with Gasteiger partial charge in [0.15, 0.2) is 0 Å². The fourth-order valence-electron chi connectivity index (χ4n) is 3.19. The molecule has 2 aliphatic heterocycles. The first-order valence-electron chi connectivity index (χ1n) is 7.13. The number of nitrogens with zero attached hydrogens (tertiary/aromatic N) is 2. The van der Waals surface area contributed by atoms with Gasteiger partial charge in [-0.2, -0.15) is 0 Å². The largest absolute Gasteiger partial charge is 0.390 e. The molecular formula is C14H22N2O2S. The van der Waals surface area contributed by atoms with Crippen molar-refractivity contribution in [2.24, 2.45) is 0 Å². The van der Waals surface area contributed by atoms with Crippen molar-refractivity contribution in [3.8, 4) is 0 Å². The average Bonchev–Trinajstić information content (AvgIpc) is 2.81. The van der Waals surface area contributed by atoms with Crippen molar-refractivity contribution in [1.82, 2.24) is 9.88 Å². The predicted octanol–water partition coefficient (Wildman–Crippen LogP) is 1.96. The van der Waals surface area contributed by atoms with Crippen LogP contribution >= 0.6 is 11.3 Å². The first kappa shape index (κ1) is 13.5. The average molecular weight is 282 g/mol. The van der Waals surface area contributed by atoms with Gasteiger partial charge >= 0.3 is 0 Å². The molecule has 3 rings (SSSR count). The Morgan fingerprint density at radius 3 is 2.95 bits per heavy atom. The number of thiazole rings is 1. The Balaban J connectivity index is 1.57. The molecular weight excluding hydrogens is 260 g/mol. The topological polar surface area (TPSA) is 45.6 Å². The molecule has 4 nitrogen and oxygen atoms in total. The molecule has 2 fully saturated rings. The molecule has 0 saturated carbocycles. The summed E-state index contributed by atoms with van der Waals surface area (Å²) in [6.45, 7) is 5.77. The highest BCUT2D eigenvalue weighted by atomic mass is 32.1. The zero-order chi connectivity index (χ0) is 13.3. The van der Waals surface area contributed by atoms with E-state index < -0.39 is 0 Å². The third kappa shape index (κ3) is 2.84. The molecule has 2 aliphatic rings. The number of likely N-dealkylation sites (tertiary alicyclic amines) is 1. The van der Waals surface area contributed by atoms with Crippen molar-refractivity contribution in [3.63, 3.8) is 0 Å². The third-order valence-corrected chi connectivity index (χ3v) is 5.20. The van der Waals surface area contributed by atoms with E-state index in [1.54, 1.807) is 11.3 Å². The van der Waals surface area contributed by atoms with Crippen molar-refractivity contribution < 1.29 is 9.84 Å². The number of piperidine rings is 1. The molecule has 2 saturated heterocycles. The van der Waals surface area contributed by atoms with Crippen LogP contribution in [-0.2, 0) is 11.3 Å². The maximum atomic E-state index is 10.2. The Morgan fingerprint density at radius 1 is 1.53 bits per heavy atom. The maximum Gasteiger partial charge on any atom is 0.0964 e. The van der Waals surface area contributed by atoms with E-state index in [1.807, 2.05) is 6.92 Å². The van der Waals surface area contributed by atoms with E-state index in [9.17, 15) is 5.11 Å². The number of aliphatic hydroxyl groups excluding tert-OH is 1. The fraction of sp³-hybridized carbons (Fsp3) is 0.786. The summed E-state index contributed by atoms with van der Waals surface area (Å²) in [7, 11) is 0. The molecule has 1 aromatic rings. The van der Waals surface area contributed by atoms with Crippen LogP contribution in [0.2, 0.25) is 0 Å². The molecule has 0 aliphatic carbocycles. The Hall–Kier alpha value is -0.490. The lowest BCUT2D eigenvalue weighted by atomic mass is 9.82. The van der Waals surface area contributed by atoms with Crippen LogP contribution < -0.4 is 0 Å². The quantitative estimate of drug-likeness (QED) is 0.900. The maximum absolute atomic E-state index is 10.2. The number of aliphatic hydroxyl groups is 1. The minimum absolute atomic E-state index is 0.257. The molecule has 5 heteroatoms. The first-order valence-corrected chi connectivity index (χ1v) is 8.01. The summed E-state index contributed by atoms with van der Waals surface area (Å²) in [5.74, 6) is 0. The van der Waals surface area contributed by atoms with Crippen LogP contribution in [0, 0.1) is 6.92 Å². The number of rotatable bonds is 2. The van der Waals surface area contributed by atoms with Gasteiger partial charge in [0.1, 0.15) is 0 Å². The smallest absolute Gasteiger partial charge is 0.0964 e. The minimum atomic E-state index is -0.273. The highest BCUT2D eigenvalue weighted by Crippen LogP contribution is 2.35. The van der Waals surface area contributed by atoms with E-state index in [2.05, 4.69) is 15.3 Å². The second kappa shape index (κ2) is 5.48. The van der Waals surface area contributed by atoms with E-state index in [4.69, 9.17) is 4.74 Å². The summed E-state index contributed by atoms with van der Waals surface area (Å²) in [6, 6.07) is 0. The second-order valence-electron chi connectivity index (χ2n) is 5.71. The van der Waals surface area contributed by atoms with E-state index in [0.717, 1.165) is 56.9 Å². The van der Waals surface area contributed by atoms with Gasteiger partial charge < -0.3 is 9.84 Å². The van der Waals surface area contributed by atoms with Gasteiger partial charge in [0.05, 0.1) is 22.4 Å². The van der Waals surface area contributed by atoms with Gasteiger partial charge in [-0.3, -0.25) is 4.90 Å². The van der Waals surface area contributed by atoms with Crippen molar-refractivity contribution in [2.45, 2.75) is 50.9 Å². The molecule has 1 N–H and O–H groups in total. The number of aromatic nitrogens is 1. The molecule has 0 radical (unpaired) electrons. The van der Waals surface area contributed by atoms with Gasteiger partial charge in [-0.15, -0.1) is 11.3 Å². The van der Waals surface area contributed by atoms with Crippen LogP contribution in [0.4, 0.5) is 0 Å². The zero-order valence-electron chi connectivity index (χ0n) is 11.5. The Morgan fingerprint density at radius 2 is 2.32 bits per heavy atom. The zero-order valence-corrected chi connectivity index (χ0v) is 12.3. The lowest BCUT2D eigenvalue weighted by Gasteiger charge is -2.46. The normalized spacial score (nSPS) is 27.8. The van der Waals surface area contributed by atoms with Crippen LogP contribution in [0.15, 0.2) is 5.38 Å². The van der Waals surface area contributed by atoms with Gasteiger partial charge in [0, 0.05) is 31.6 Å². The Labute approximate surface area is 118 Å². The van der Waals surface area contributed by atoms with Gasteiger partial charge in [-0.1, -0.05) is 0 Å². The van der Waals surface area contributed by atoms with Crippen LogP contribution in [0.1, 0.15) is 36.4 Å². The lowest BCUT2D eigenvalue weighted by molar-refractivity contribution is -0.177. The monoisotopic (exact) mass is 282 g/mol. The summed E-state index contributed by atoms with van der Waals surface area (Å²) in [4.78, 5) is 6.94. The molecule has 19 heavy (non-hydrogen) atoms. The molecule has 0 aromatic carbocycles. The molecule has 3 heterocycles. The van der Waals surface area contributed by atoms with Crippen molar-refractivity contribution in [1.29, 1.82) is 0 Å². The third-order valence-electron chi connectivity index (χ3n) is 4.37. The summed E-state index contributed by atoms with van der Waals surface area (Å²) in [6.07, 6.45) is 3.50. The number of ether oxygens (including phenoxy) is 1. The van der Waals surface area contributed by atoms with Crippen molar-refractivity contribution in [2.75, 3.05) is 19.7 Å². The summed E-state index contributed by atoms with van der Waals surface area (Å²) >= 11 is 1.71. The standard InChI is InChI=1S/C14H22N2O2S/c1-11-15-12(10-19-11)9-16-6-4-14(5-7-16)13(17)3-2-8-18-14/h10,13,17H,2-9H2,1H3. The highest BCUT2D eigenvalue weighted by Gasteiger charge is 2.43. The molecule has 0 amide bonds. The molecule has 1 spiro atoms. The van der Waals surface area contributed by atoms with E-state index in [-0.39, 0.29) is 11.7 Å². The van der Waals surface area contributed by atoms with Gasteiger partial charge in [-0.05, 0) is 32.6 Å². The van der Waals surface area contributed by atoms with Crippen molar-refractivity contribution >= 4 is 11.3 Å². The molecule has 0 bridgehead atoms. The number of aryl methyl sites for hydroxylation is 1. The van der Waals surface area contributed by atoms with E-state index >= 15 is 0 Å². The van der Waals surface area contributed by atoms with E-state index in [1.165, 1.54) is 5.69 Å². The van der Waals surface area contributed by atoms with Crippen LogP contribution in [-0.4, -0.2) is 46.4 Å². The minimum Gasteiger partial charge on any atom is -0.390 e. The molecule has 1 aromatic heterocycles. The number of hydrogen-bond donors (Lipinski definition) is 1. The Bertz CT molecular complexity index is 427.